The number of alkyl halides is 1. The van der Waals surface area contributed by atoms with Crippen LogP contribution < -0.4 is 4.72 Å². The zero-order chi connectivity index (χ0) is 15.2. The van der Waals surface area contributed by atoms with Gasteiger partial charge in [0.1, 0.15) is 0 Å². The first-order chi connectivity index (χ1) is 9.44. The second-order valence-corrected chi connectivity index (χ2v) is 7.16. The second kappa shape index (κ2) is 8.01. The van der Waals surface area contributed by atoms with E-state index in [0.29, 0.717) is 16.7 Å². The monoisotopic (exact) mass is 317 g/mol. The molecule has 0 bridgehead atoms. The van der Waals surface area contributed by atoms with Crippen LogP contribution in [0.5, 0.6) is 0 Å². The summed E-state index contributed by atoms with van der Waals surface area (Å²) in [7, 11) is -3.44. The third kappa shape index (κ3) is 4.76. The van der Waals surface area contributed by atoms with Gasteiger partial charge in [0.15, 0.2) is 0 Å². The lowest BCUT2D eigenvalue weighted by molar-refractivity contribution is 0.391. The Balaban J connectivity index is 2.82. The van der Waals surface area contributed by atoms with Gasteiger partial charge in [0.05, 0.1) is 4.90 Å². The smallest absolute Gasteiger partial charge is 0.208 e. The molecule has 0 radical (unpaired) electrons. The van der Waals surface area contributed by atoms with E-state index in [-0.39, 0.29) is 6.04 Å². The number of aryl methyl sites for hydroxylation is 1. The lowest BCUT2D eigenvalue weighted by Crippen LogP contribution is -2.37. The highest BCUT2D eigenvalue weighted by atomic mass is 35.5. The van der Waals surface area contributed by atoms with Gasteiger partial charge < -0.3 is 0 Å². The van der Waals surface area contributed by atoms with Gasteiger partial charge in [0.2, 0.25) is 10.0 Å². The first-order valence-electron chi connectivity index (χ1n) is 7.11. The van der Waals surface area contributed by atoms with Crippen LogP contribution in [0.3, 0.4) is 0 Å². The third-order valence-corrected chi connectivity index (χ3v) is 5.48. The molecule has 0 aliphatic heterocycles. The van der Waals surface area contributed by atoms with E-state index in [1.807, 2.05) is 19.1 Å². The van der Waals surface area contributed by atoms with Crippen molar-refractivity contribution in [3.05, 3.63) is 29.8 Å². The van der Waals surface area contributed by atoms with Crippen molar-refractivity contribution >= 4 is 21.6 Å². The van der Waals surface area contributed by atoms with Crippen LogP contribution in [0, 0.1) is 5.92 Å². The van der Waals surface area contributed by atoms with Crippen LogP contribution in [0.1, 0.15) is 39.2 Å². The van der Waals surface area contributed by atoms with Crippen molar-refractivity contribution in [3.63, 3.8) is 0 Å². The van der Waals surface area contributed by atoms with Crippen LogP contribution in [0.2, 0.25) is 0 Å². The summed E-state index contributed by atoms with van der Waals surface area (Å²) in [6.07, 6.45) is 2.68. The number of halogens is 1. The summed E-state index contributed by atoms with van der Waals surface area (Å²) in [4.78, 5) is 0.314. The SMILES string of the molecule is CCC(CC)C(C)NS(=O)(=O)c1ccc(CCCl)cc1. The van der Waals surface area contributed by atoms with Crippen LogP contribution in [0.25, 0.3) is 0 Å². The molecule has 1 unspecified atom stereocenters. The molecule has 0 spiro atoms. The van der Waals surface area contributed by atoms with Crippen molar-refractivity contribution in [1.82, 2.24) is 4.72 Å². The van der Waals surface area contributed by atoms with Crippen molar-refractivity contribution in [2.45, 2.75) is 51.0 Å². The third-order valence-electron chi connectivity index (χ3n) is 3.71. The standard InChI is InChI=1S/C15H24ClNO2S/c1-4-14(5-2)12(3)17-20(18,19)15-8-6-13(7-9-15)10-11-16/h6-9,12,14,17H,4-5,10-11H2,1-3H3. The molecule has 0 saturated carbocycles. The number of hydrogen-bond donors (Lipinski definition) is 1. The summed E-state index contributed by atoms with van der Waals surface area (Å²) in [5.74, 6) is 0.899. The van der Waals surface area contributed by atoms with Gasteiger partial charge in [-0.15, -0.1) is 11.6 Å². The molecule has 0 saturated heterocycles. The van der Waals surface area contributed by atoms with Crippen LogP contribution in [0.15, 0.2) is 29.2 Å². The molecule has 0 aliphatic rings. The molecule has 1 aromatic rings. The predicted molar refractivity (Wildman–Crippen MR) is 84.7 cm³/mol. The highest BCUT2D eigenvalue weighted by Gasteiger charge is 2.21. The summed E-state index contributed by atoms with van der Waals surface area (Å²) in [5.41, 5.74) is 1.05. The van der Waals surface area contributed by atoms with Gasteiger partial charge in [-0.05, 0) is 37.0 Å². The van der Waals surface area contributed by atoms with Gasteiger partial charge in [-0.2, -0.15) is 0 Å². The highest BCUT2D eigenvalue weighted by molar-refractivity contribution is 7.89. The lowest BCUT2D eigenvalue weighted by Gasteiger charge is -2.22. The van der Waals surface area contributed by atoms with E-state index in [1.165, 1.54) is 0 Å². The maximum atomic E-state index is 12.3. The molecule has 1 rings (SSSR count). The van der Waals surface area contributed by atoms with Crippen LogP contribution in [0.4, 0.5) is 0 Å². The maximum Gasteiger partial charge on any atom is 0.240 e. The van der Waals surface area contributed by atoms with Gasteiger partial charge in [0, 0.05) is 11.9 Å². The first kappa shape index (κ1) is 17.5. The van der Waals surface area contributed by atoms with E-state index in [2.05, 4.69) is 18.6 Å². The summed E-state index contributed by atoms with van der Waals surface area (Å²) in [6, 6.07) is 6.86. The Hall–Kier alpha value is -0.580. The van der Waals surface area contributed by atoms with E-state index in [4.69, 9.17) is 11.6 Å². The van der Waals surface area contributed by atoms with Crippen molar-refractivity contribution in [3.8, 4) is 0 Å². The van der Waals surface area contributed by atoms with E-state index in [1.54, 1.807) is 12.1 Å². The fraction of sp³-hybridized carbons (Fsp3) is 0.600. The lowest BCUT2D eigenvalue weighted by atomic mass is 9.96. The molecule has 114 valence electrons. The van der Waals surface area contributed by atoms with E-state index < -0.39 is 10.0 Å². The zero-order valence-corrected chi connectivity index (χ0v) is 14.0. The number of sulfonamides is 1. The first-order valence-corrected chi connectivity index (χ1v) is 9.13. The fourth-order valence-electron chi connectivity index (χ4n) is 2.35. The largest absolute Gasteiger partial charge is 0.240 e. The number of hydrogen-bond acceptors (Lipinski definition) is 2. The molecule has 5 heteroatoms. The Kier molecular flexibility index (Phi) is 7.00. The second-order valence-electron chi connectivity index (χ2n) is 5.07. The normalized spacial score (nSPS) is 13.7. The molecule has 0 aromatic heterocycles. The molecule has 1 N–H and O–H groups in total. The van der Waals surface area contributed by atoms with Crippen molar-refractivity contribution in [1.29, 1.82) is 0 Å². The minimum absolute atomic E-state index is 0.0579. The molecular formula is C15H24ClNO2S. The van der Waals surface area contributed by atoms with Crippen molar-refractivity contribution < 1.29 is 8.42 Å². The fourth-order valence-corrected chi connectivity index (χ4v) is 3.88. The van der Waals surface area contributed by atoms with Gasteiger partial charge in [-0.1, -0.05) is 38.8 Å². The quantitative estimate of drug-likeness (QED) is 0.745. The van der Waals surface area contributed by atoms with Crippen molar-refractivity contribution in [2.75, 3.05) is 5.88 Å². The predicted octanol–water partition coefficient (Wildman–Crippen LogP) is 3.57. The molecule has 3 nitrogen and oxygen atoms in total. The Morgan fingerprint density at radius 3 is 2.15 bits per heavy atom. The van der Waals surface area contributed by atoms with E-state index in [0.717, 1.165) is 24.8 Å². The van der Waals surface area contributed by atoms with Crippen LogP contribution >= 0.6 is 11.6 Å². The molecule has 0 fully saturated rings. The molecule has 1 aromatic carbocycles. The Morgan fingerprint density at radius 2 is 1.70 bits per heavy atom. The number of rotatable bonds is 8. The summed E-state index contributed by atoms with van der Waals surface area (Å²) in [6.45, 7) is 6.09. The highest BCUT2D eigenvalue weighted by Crippen LogP contribution is 2.17. The summed E-state index contributed by atoms with van der Waals surface area (Å²) < 4.78 is 27.4. The topological polar surface area (TPSA) is 46.2 Å². The van der Waals surface area contributed by atoms with E-state index in [9.17, 15) is 8.42 Å². The molecule has 0 heterocycles. The Bertz CT molecular complexity index is 495. The average Bonchev–Trinajstić information content (AvgIpc) is 2.40. The Labute approximate surface area is 127 Å². The molecule has 20 heavy (non-hydrogen) atoms. The van der Waals surface area contributed by atoms with Crippen LogP contribution in [-0.4, -0.2) is 20.3 Å². The molecule has 1 atom stereocenters. The summed E-state index contributed by atoms with van der Waals surface area (Å²) >= 11 is 5.67. The molecular weight excluding hydrogens is 294 g/mol. The van der Waals surface area contributed by atoms with Gasteiger partial charge in [0.25, 0.3) is 0 Å². The minimum Gasteiger partial charge on any atom is -0.208 e. The van der Waals surface area contributed by atoms with Crippen molar-refractivity contribution in [2.24, 2.45) is 5.92 Å². The molecule has 0 amide bonds. The average molecular weight is 318 g/mol. The van der Waals surface area contributed by atoms with Crippen LogP contribution in [-0.2, 0) is 16.4 Å². The van der Waals surface area contributed by atoms with Gasteiger partial charge in [-0.25, -0.2) is 13.1 Å². The van der Waals surface area contributed by atoms with Gasteiger partial charge in [-0.3, -0.25) is 0 Å². The summed E-state index contributed by atoms with van der Waals surface area (Å²) in [5, 5.41) is 0. The molecule has 0 aliphatic carbocycles. The number of benzene rings is 1. The van der Waals surface area contributed by atoms with E-state index >= 15 is 0 Å². The maximum absolute atomic E-state index is 12.3. The number of nitrogens with one attached hydrogen (secondary N) is 1. The minimum atomic E-state index is -3.44. The Morgan fingerprint density at radius 1 is 1.15 bits per heavy atom. The zero-order valence-electron chi connectivity index (χ0n) is 12.4. The van der Waals surface area contributed by atoms with Gasteiger partial charge >= 0.3 is 0 Å².